The molecule has 2 N–H and O–H groups in total. The van der Waals surface area contributed by atoms with Gasteiger partial charge in [-0.15, -0.1) is 0 Å². The SMILES string of the molecule is CCNCC1(CO)CCN(C(=O)OC(C)(C)C)CC1. The van der Waals surface area contributed by atoms with Crippen LogP contribution >= 0.6 is 0 Å². The fourth-order valence-corrected chi connectivity index (χ4v) is 2.27. The van der Waals surface area contributed by atoms with Crippen LogP contribution in [-0.2, 0) is 4.74 Å². The smallest absolute Gasteiger partial charge is 0.410 e. The van der Waals surface area contributed by atoms with Crippen molar-refractivity contribution in [3.8, 4) is 0 Å². The largest absolute Gasteiger partial charge is 0.444 e. The fraction of sp³-hybridized carbons (Fsp3) is 0.929. The van der Waals surface area contributed by atoms with E-state index in [1.54, 1.807) is 4.90 Å². The second-order valence-electron chi connectivity index (χ2n) is 6.41. The first-order valence-corrected chi connectivity index (χ1v) is 7.11. The van der Waals surface area contributed by atoms with Gasteiger partial charge in [-0.1, -0.05) is 6.92 Å². The van der Waals surface area contributed by atoms with Crippen LogP contribution in [0.4, 0.5) is 4.79 Å². The Hall–Kier alpha value is -0.810. The van der Waals surface area contributed by atoms with Gasteiger partial charge in [0.1, 0.15) is 5.60 Å². The fourth-order valence-electron chi connectivity index (χ4n) is 2.27. The standard InChI is InChI=1S/C14H28N2O3/c1-5-15-10-14(11-17)6-8-16(9-7-14)12(18)19-13(2,3)4/h15,17H,5-11H2,1-4H3. The molecule has 0 spiro atoms. The summed E-state index contributed by atoms with van der Waals surface area (Å²) < 4.78 is 5.37. The summed E-state index contributed by atoms with van der Waals surface area (Å²) in [4.78, 5) is 13.7. The predicted molar refractivity (Wildman–Crippen MR) is 75.1 cm³/mol. The van der Waals surface area contributed by atoms with E-state index in [0.717, 1.165) is 25.9 Å². The Bertz CT molecular complexity index is 292. The Labute approximate surface area is 116 Å². The summed E-state index contributed by atoms with van der Waals surface area (Å²) in [5.41, 5.74) is -0.541. The van der Waals surface area contributed by atoms with Gasteiger partial charge in [0.25, 0.3) is 0 Å². The molecule has 112 valence electrons. The van der Waals surface area contributed by atoms with E-state index >= 15 is 0 Å². The van der Waals surface area contributed by atoms with Gasteiger partial charge in [0.2, 0.25) is 0 Å². The number of ether oxygens (including phenoxy) is 1. The summed E-state index contributed by atoms with van der Waals surface area (Å²) in [6.07, 6.45) is 1.38. The Morgan fingerprint density at radius 2 is 1.95 bits per heavy atom. The number of amides is 1. The third-order valence-corrected chi connectivity index (χ3v) is 3.56. The molecule has 0 atom stereocenters. The van der Waals surface area contributed by atoms with Crippen molar-refractivity contribution < 1.29 is 14.6 Å². The first-order valence-electron chi connectivity index (χ1n) is 7.11. The molecule has 1 aliphatic rings. The van der Waals surface area contributed by atoms with Crippen molar-refractivity contribution in [2.45, 2.75) is 46.1 Å². The molecule has 0 aromatic heterocycles. The van der Waals surface area contributed by atoms with E-state index in [-0.39, 0.29) is 18.1 Å². The van der Waals surface area contributed by atoms with Gasteiger partial charge in [-0.3, -0.25) is 0 Å². The highest BCUT2D eigenvalue weighted by atomic mass is 16.6. The lowest BCUT2D eigenvalue weighted by Crippen LogP contribution is -2.49. The van der Waals surface area contributed by atoms with Crippen LogP contribution in [0.25, 0.3) is 0 Å². The van der Waals surface area contributed by atoms with Crippen LogP contribution in [0.2, 0.25) is 0 Å². The molecule has 1 fully saturated rings. The Balaban J connectivity index is 2.49. The van der Waals surface area contributed by atoms with Crippen molar-refractivity contribution in [1.82, 2.24) is 10.2 Å². The lowest BCUT2D eigenvalue weighted by molar-refractivity contribution is 0.0000442. The van der Waals surface area contributed by atoms with Crippen LogP contribution in [0.1, 0.15) is 40.5 Å². The maximum atomic E-state index is 12.0. The normalized spacial score (nSPS) is 19.3. The van der Waals surface area contributed by atoms with Crippen molar-refractivity contribution in [2.24, 2.45) is 5.41 Å². The van der Waals surface area contributed by atoms with Crippen LogP contribution < -0.4 is 5.32 Å². The van der Waals surface area contributed by atoms with Crippen LogP contribution in [0.5, 0.6) is 0 Å². The number of aliphatic hydroxyl groups is 1. The second-order valence-corrected chi connectivity index (χ2v) is 6.41. The van der Waals surface area contributed by atoms with Gasteiger partial charge >= 0.3 is 6.09 Å². The van der Waals surface area contributed by atoms with E-state index in [2.05, 4.69) is 12.2 Å². The number of aliphatic hydroxyl groups excluding tert-OH is 1. The number of carbonyl (C=O) groups is 1. The van der Waals surface area contributed by atoms with E-state index in [4.69, 9.17) is 4.74 Å². The van der Waals surface area contributed by atoms with E-state index in [1.165, 1.54) is 0 Å². The minimum absolute atomic E-state index is 0.0888. The van der Waals surface area contributed by atoms with Crippen LogP contribution in [0.3, 0.4) is 0 Å². The molecule has 5 nitrogen and oxygen atoms in total. The predicted octanol–water partition coefficient (Wildman–Crippen LogP) is 1.61. The number of rotatable bonds is 4. The topological polar surface area (TPSA) is 61.8 Å². The summed E-state index contributed by atoms with van der Waals surface area (Å²) in [5, 5.41) is 12.9. The van der Waals surface area contributed by atoms with E-state index in [9.17, 15) is 9.90 Å². The third kappa shape index (κ3) is 4.99. The number of piperidine rings is 1. The lowest BCUT2D eigenvalue weighted by Gasteiger charge is -2.41. The molecule has 1 aliphatic heterocycles. The lowest BCUT2D eigenvalue weighted by atomic mass is 9.79. The zero-order valence-electron chi connectivity index (χ0n) is 12.7. The Morgan fingerprint density at radius 1 is 1.37 bits per heavy atom. The minimum atomic E-state index is -0.452. The zero-order chi connectivity index (χ0) is 14.5. The number of hydrogen-bond acceptors (Lipinski definition) is 4. The van der Waals surface area contributed by atoms with Crippen molar-refractivity contribution in [3.05, 3.63) is 0 Å². The highest BCUT2D eigenvalue weighted by molar-refractivity contribution is 5.68. The van der Waals surface area contributed by atoms with Gasteiger partial charge in [-0.05, 0) is 40.2 Å². The Kier molecular flexibility index (Phi) is 5.62. The molecule has 5 heteroatoms. The molecule has 1 amide bonds. The highest BCUT2D eigenvalue weighted by Crippen LogP contribution is 2.30. The van der Waals surface area contributed by atoms with Gasteiger partial charge in [0.05, 0.1) is 6.61 Å². The second kappa shape index (κ2) is 6.57. The molecule has 0 radical (unpaired) electrons. The number of nitrogens with zero attached hydrogens (tertiary/aromatic N) is 1. The molecule has 0 aromatic carbocycles. The third-order valence-electron chi connectivity index (χ3n) is 3.56. The number of likely N-dealkylation sites (tertiary alicyclic amines) is 1. The minimum Gasteiger partial charge on any atom is -0.444 e. The first-order chi connectivity index (χ1) is 8.82. The van der Waals surface area contributed by atoms with E-state index in [0.29, 0.717) is 13.1 Å². The molecule has 1 heterocycles. The molecule has 0 saturated carbocycles. The molecule has 1 saturated heterocycles. The highest BCUT2D eigenvalue weighted by Gasteiger charge is 2.36. The van der Waals surface area contributed by atoms with Gasteiger partial charge in [-0.2, -0.15) is 0 Å². The molecule has 19 heavy (non-hydrogen) atoms. The van der Waals surface area contributed by atoms with Crippen molar-refractivity contribution in [2.75, 3.05) is 32.8 Å². The average Bonchev–Trinajstić information content (AvgIpc) is 2.35. The summed E-state index contributed by atoms with van der Waals surface area (Å²) in [5.74, 6) is 0. The van der Waals surface area contributed by atoms with E-state index in [1.807, 2.05) is 20.8 Å². The molecule has 0 aromatic rings. The average molecular weight is 272 g/mol. The molecule has 1 rings (SSSR count). The number of nitrogens with one attached hydrogen (secondary N) is 1. The maximum absolute atomic E-state index is 12.0. The summed E-state index contributed by atoms with van der Waals surface area (Å²) >= 11 is 0. The van der Waals surface area contributed by atoms with Crippen LogP contribution in [0.15, 0.2) is 0 Å². The quantitative estimate of drug-likeness (QED) is 0.816. The van der Waals surface area contributed by atoms with Crippen molar-refractivity contribution in [3.63, 3.8) is 0 Å². The van der Waals surface area contributed by atoms with Crippen LogP contribution in [0, 0.1) is 5.41 Å². The van der Waals surface area contributed by atoms with Crippen molar-refractivity contribution >= 4 is 6.09 Å². The monoisotopic (exact) mass is 272 g/mol. The van der Waals surface area contributed by atoms with Gasteiger partial charge in [-0.25, -0.2) is 4.79 Å². The molecular weight excluding hydrogens is 244 g/mol. The van der Waals surface area contributed by atoms with Gasteiger partial charge < -0.3 is 20.1 Å². The van der Waals surface area contributed by atoms with Gasteiger partial charge in [0.15, 0.2) is 0 Å². The Morgan fingerprint density at radius 3 is 2.37 bits per heavy atom. The molecule has 0 aliphatic carbocycles. The maximum Gasteiger partial charge on any atom is 0.410 e. The first kappa shape index (κ1) is 16.2. The molecule has 0 unspecified atom stereocenters. The summed E-state index contributed by atoms with van der Waals surface area (Å²) in [6, 6.07) is 0. The van der Waals surface area contributed by atoms with Crippen LogP contribution in [-0.4, -0.2) is 54.5 Å². The molecule has 0 bridgehead atoms. The van der Waals surface area contributed by atoms with E-state index < -0.39 is 5.60 Å². The number of carbonyl (C=O) groups excluding carboxylic acids is 1. The summed E-state index contributed by atoms with van der Waals surface area (Å²) in [7, 11) is 0. The van der Waals surface area contributed by atoms with Crippen molar-refractivity contribution in [1.29, 1.82) is 0 Å². The molecular formula is C14H28N2O3. The number of hydrogen-bond donors (Lipinski definition) is 2. The van der Waals surface area contributed by atoms with Gasteiger partial charge in [0, 0.05) is 25.0 Å². The zero-order valence-corrected chi connectivity index (χ0v) is 12.7. The summed E-state index contributed by atoms with van der Waals surface area (Å²) in [6.45, 7) is 10.9.